The summed E-state index contributed by atoms with van der Waals surface area (Å²) in [6, 6.07) is 19.1. The van der Waals surface area contributed by atoms with Crippen LogP contribution >= 0.6 is 0 Å². The number of amides is 2. The molecule has 3 heterocycles. The van der Waals surface area contributed by atoms with E-state index in [1.54, 1.807) is 4.68 Å². The molecule has 152 valence electrons. The molecule has 3 aromatic rings. The van der Waals surface area contributed by atoms with Gasteiger partial charge in [-0.3, -0.25) is 9.59 Å². The SMILES string of the molecule is Cc1nn(-c2ccccc2)c2c1C(C)N(CC1CN(C(=O)c3ccccc3)C1)C2=O. The summed E-state index contributed by atoms with van der Waals surface area (Å²) in [5.41, 5.74) is 4.19. The predicted molar refractivity (Wildman–Crippen MR) is 114 cm³/mol. The van der Waals surface area contributed by atoms with Gasteiger partial charge in [-0.25, -0.2) is 4.68 Å². The Morgan fingerprint density at radius 2 is 1.67 bits per heavy atom. The van der Waals surface area contributed by atoms with Crippen LogP contribution in [0.1, 0.15) is 45.1 Å². The number of fused-ring (bicyclic) bond motifs is 1. The molecule has 1 atom stereocenters. The fourth-order valence-electron chi connectivity index (χ4n) is 4.60. The number of rotatable bonds is 4. The fraction of sp³-hybridized carbons (Fsp3) is 0.292. The number of benzene rings is 2. The standard InChI is InChI=1S/C24H24N4O2/c1-16-21-17(2)27(24(30)22(21)28(25-16)20-11-7-4-8-12-20)15-18-13-26(14-18)23(29)19-9-5-3-6-10-19/h3-12,17-18H,13-15H2,1-2H3. The number of aromatic nitrogens is 2. The van der Waals surface area contributed by atoms with E-state index in [0.717, 1.165) is 16.9 Å². The van der Waals surface area contributed by atoms with Crippen molar-refractivity contribution in [3.8, 4) is 5.69 Å². The predicted octanol–water partition coefficient (Wildman–Crippen LogP) is 3.47. The molecule has 0 N–H and O–H groups in total. The molecule has 0 saturated carbocycles. The van der Waals surface area contributed by atoms with Crippen LogP contribution in [0.5, 0.6) is 0 Å². The molecule has 1 aromatic heterocycles. The zero-order chi connectivity index (χ0) is 20.8. The number of nitrogens with zero attached hydrogens (tertiary/aromatic N) is 4. The summed E-state index contributed by atoms with van der Waals surface area (Å²) in [4.78, 5) is 29.7. The maximum Gasteiger partial charge on any atom is 0.273 e. The van der Waals surface area contributed by atoms with Crippen LogP contribution in [0.4, 0.5) is 0 Å². The Kier molecular flexibility index (Phi) is 4.42. The quantitative estimate of drug-likeness (QED) is 0.674. The summed E-state index contributed by atoms with van der Waals surface area (Å²) in [7, 11) is 0. The highest BCUT2D eigenvalue weighted by molar-refractivity contribution is 5.98. The van der Waals surface area contributed by atoms with Crippen molar-refractivity contribution in [3.63, 3.8) is 0 Å². The van der Waals surface area contributed by atoms with Gasteiger partial charge in [-0.05, 0) is 38.1 Å². The van der Waals surface area contributed by atoms with Gasteiger partial charge in [-0.1, -0.05) is 36.4 Å². The van der Waals surface area contributed by atoms with Gasteiger partial charge in [0, 0.05) is 36.7 Å². The lowest BCUT2D eigenvalue weighted by Crippen LogP contribution is -2.54. The summed E-state index contributed by atoms with van der Waals surface area (Å²) in [6.45, 7) is 6.06. The van der Waals surface area contributed by atoms with E-state index < -0.39 is 0 Å². The van der Waals surface area contributed by atoms with Crippen molar-refractivity contribution in [1.82, 2.24) is 19.6 Å². The number of carbonyl (C=O) groups is 2. The monoisotopic (exact) mass is 400 g/mol. The van der Waals surface area contributed by atoms with E-state index in [1.165, 1.54) is 0 Å². The third kappa shape index (κ3) is 2.91. The third-order valence-electron chi connectivity index (χ3n) is 6.18. The lowest BCUT2D eigenvalue weighted by Gasteiger charge is -2.41. The number of hydrogen-bond acceptors (Lipinski definition) is 3. The first kappa shape index (κ1) is 18.6. The molecule has 0 radical (unpaired) electrons. The van der Waals surface area contributed by atoms with Crippen LogP contribution in [-0.2, 0) is 0 Å². The molecule has 2 aromatic carbocycles. The Morgan fingerprint density at radius 3 is 2.33 bits per heavy atom. The Balaban J connectivity index is 1.30. The number of carbonyl (C=O) groups excluding carboxylic acids is 2. The largest absolute Gasteiger partial charge is 0.338 e. The van der Waals surface area contributed by atoms with Gasteiger partial charge in [0.25, 0.3) is 11.8 Å². The molecule has 1 fully saturated rings. The van der Waals surface area contributed by atoms with Crippen molar-refractivity contribution in [1.29, 1.82) is 0 Å². The topological polar surface area (TPSA) is 58.4 Å². The fourth-order valence-corrected chi connectivity index (χ4v) is 4.60. The summed E-state index contributed by atoms with van der Waals surface area (Å²) in [6.07, 6.45) is 0. The second-order valence-corrected chi connectivity index (χ2v) is 8.17. The van der Waals surface area contributed by atoms with Crippen molar-refractivity contribution in [2.45, 2.75) is 19.9 Å². The Morgan fingerprint density at radius 1 is 1.03 bits per heavy atom. The van der Waals surface area contributed by atoms with Crippen molar-refractivity contribution in [2.75, 3.05) is 19.6 Å². The van der Waals surface area contributed by atoms with Crippen LogP contribution in [0.2, 0.25) is 0 Å². The van der Waals surface area contributed by atoms with E-state index in [2.05, 4.69) is 12.0 Å². The highest BCUT2D eigenvalue weighted by atomic mass is 16.2. The number of aryl methyl sites for hydroxylation is 1. The van der Waals surface area contributed by atoms with Crippen LogP contribution in [-0.4, -0.2) is 51.0 Å². The van der Waals surface area contributed by atoms with Gasteiger partial charge in [-0.15, -0.1) is 0 Å². The second kappa shape index (κ2) is 7.13. The second-order valence-electron chi connectivity index (χ2n) is 8.17. The Labute approximate surface area is 175 Å². The summed E-state index contributed by atoms with van der Waals surface area (Å²) in [5.74, 6) is 0.382. The van der Waals surface area contributed by atoms with E-state index in [4.69, 9.17) is 0 Å². The lowest BCUT2D eigenvalue weighted by molar-refractivity contribution is 0.0361. The number of hydrogen-bond donors (Lipinski definition) is 0. The number of para-hydroxylation sites is 1. The molecule has 6 heteroatoms. The molecule has 1 saturated heterocycles. The molecule has 1 unspecified atom stereocenters. The first-order valence-electron chi connectivity index (χ1n) is 10.3. The van der Waals surface area contributed by atoms with Crippen LogP contribution in [0.25, 0.3) is 5.69 Å². The van der Waals surface area contributed by atoms with Gasteiger partial charge >= 0.3 is 0 Å². The third-order valence-corrected chi connectivity index (χ3v) is 6.18. The lowest BCUT2D eigenvalue weighted by atomic mass is 9.97. The first-order chi connectivity index (χ1) is 14.5. The molecule has 6 nitrogen and oxygen atoms in total. The molecule has 2 aliphatic rings. The van der Waals surface area contributed by atoms with Gasteiger partial charge < -0.3 is 9.80 Å². The summed E-state index contributed by atoms with van der Waals surface area (Å²) in [5, 5.41) is 4.64. The highest BCUT2D eigenvalue weighted by Gasteiger charge is 2.42. The van der Waals surface area contributed by atoms with E-state index >= 15 is 0 Å². The maximum absolute atomic E-state index is 13.3. The van der Waals surface area contributed by atoms with E-state index in [-0.39, 0.29) is 17.9 Å². The van der Waals surface area contributed by atoms with Crippen molar-refractivity contribution < 1.29 is 9.59 Å². The zero-order valence-electron chi connectivity index (χ0n) is 17.2. The van der Waals surface area contributed by atoms with Gasteiger partial charge in [0.1, 0.15) is 5.69 Å². The van der Waals surface area contributed by atoms with Crippen molar-refractivity contribution in [2.24, 2.45) is 5.92 Å². The molecule has 5 rings (SSSR count). The summed E-state index contributed by atoms with van der Waals surface area (Å²) >= 11 is 0. The Bertz CT molecular complexity index is 1100. The van der Waals surface area contributed by atoms with Crippen LogP contribution in [0.15, 0.2) is 60.7 Å². The molecule has 30 heavy (non-hydrogen) atoms. The average molecular weight is 400 g/mol. The van der Waals surface area contributed by atoms with E-state index in [0.29, 0.717) is 36.8 Å². The summed E-state index contributed by atoms with van der Waals surface area (Å²) < 4.78 is 1.77. The maximum atomic E-state index is 13.3. The minimum Gasteiger partial charge on any atom is -0.338 e. The highest BCUT2D eigenvalue weighted by Crippen LogP contribution is 2.38. The van der Waals surface area contributed by atoms with Crippen molar-refractivity contribution in [3.05, 3.63) is 83.2 Å². The average Bonchev–Trinajstić information content (AvgIpc) is 3.21. The number of likely N-dealkylation sites (tertiary alicyclic amines) is 1. The van der Waals surface area contributed by atoms with Crippen LogP contribution in [0.3, 0.4) is 0 Å². The molecule has 0 bridgehead atoms. The normalized spacial score (nSPS) is 18.5. The van der Waals surface area contributed by atoms with Gasteiger partial charge in [0.15, 0.2) is 0 Å². The minimum absolute atomic E-state index is 0.0103. The van der Waals surface area contributed by atoms with Gasteiger partial charge in [0.2, 0.25) is 0 Å². The first-order valence-corrected chi connectivity index (χ1v) is 10.3. The Hall–Kier alpha value is -3.41. The molecular weight excluding hydrogens is 376 g/mol. The van der Waals surface area contributed by atoms with Gasteiger partial charge in [0.05, 0.1) is 17.4 Å². The minimum atomic E-state index is -0.0103. The molecule has 2 aliphatic heterocycles. The van der Waals surface area contributed by atoms with E-state index in [9.17, 15) is 9.59 Å². The van der Waals surface area contributed by atoms with Crippen molar-refractivity contribution >= 4 is 11.8 Å². The zero-order valence-corrected chi connectivity index (χ0v) is 17.2. The molecule has 2 amide bonds. The molecule has 0 aliphatic carbocycles. The molecular formula is C24H24N4O2. The van der Waals surface area contributed by atoms with Gasteiger partial charge in [-0.2, -0.15) is 5.10 Å². The van der Waals surface area contributed by atoms with Crippen LogP contribution in [0, 0.1) is 12.8 Å². The van der Waals surface area contributed by atoms with Crippen LogP contribution < -0.4 is 0 Å². The molecule has 0 spiro atoms. The van der Waals surface area contributed by atoms with E-state index in [1.807, 2.05) is 77.4 Å². The smallest absolute Gasteiger partial charge is 0.273 e.